The second-order valence-corrected chi connectivity index (χ2v) is 3.49. The van der Waals surface area contributed by atoms with Gasteiger partial charge in [-0.3, -0.25) is 0 Å². The van der Waals surface area contributed by atoms with Crippen LogP contribution >= 0.6 is 0 Å². The van der Waals surface area contributed by atoms with E-state index in [1.807, 2.05) is 0 Å². The smallest absolute Gasteiger partial charge is 0.00199 e. The number of hydrogen-bond donors (Lipinski definition) is 1. The first-order valence-corrected chi connectivity index (χ1v) is 3.99. The van der Waals surface area contributed by atoms with E-state index in [4.69, 9.17) is 0 Å². The number of rotatable bonds is 2. The minimum atomic E-state index is 0.884. The fourth-order valence-corrected chi connectivity index (χ4v) is 1.58. The minimum absolute atomic E-state index is 0.884. The van der Waals surface area contributed by atoms with Crippen LogP contribution in [0.2, 0.25) is 0 Å². The molecule has 0 amide bonds. The van der Waals surface area contributed by atoms with Crippen molar-refractivity contribution in [2.75, 3.05) is 13.1 Å². The first-order valence-electron chi connectivity index (χ1n) is 3.99. The maximum atomic E-state index is 3.38. The van der Waals surface area contributed by atoms with Gasteiger partial charge < -0.3 is 5.32 Å². The average molecular weight is 127 g/mol. The molecule has 0 bridgehead atoms. The van der Waals surface area contributed by atoms with Crippen LogP contribution in [0.25, 0.3) is 0 Å². The largest absolute Gasteiger partial charge is 0.316 e. The summed E-state index contributed by atoms with van der Waals surface area (Å²) in [7, 11) is 0. The molecule has 54 valence electrons. The number of nitrogens with one attached hydrogen (secondary N) is 1. The second kappa shape index (κ2) is 3.21. The van der Waals surface area contributed by atoms with Gasteiger partial charge in [0.15, 0.2) is 0 Å². The average Bonchev–Trinajstić information content (AvgIpc) is 2.15. The summed E-state index contributed by atoms with van der Waals surface area (Å²) < 4.78 is 0. The van der Waals surface area contributed by atoms with Gasteiger partial charge >= 0.3 is 0 Å². The highest BCUT2D eigenvalue weighted by Gasteiger charge is 2.14. The lowest BCUT2D eigenvalue weighted by atomic mass is 9.97. The molecular weight excluding hydrogens is 110 g/mol. The van der Waals surface area contributed by atoms with E-state index >= 15 is 0 Å². The third kappa shape index (κ3) is 2.35. The summed E-state index contributed by atoms with van der Waals surface area (Å²) in [6.45, 7) is 7.12. The molecule has 1 fully saturated rings. The van der Waals surface area contributed by atoms with E-state index in [-0.39, 0.29) is 0 Å². The van der Waals surface area contributed by atoms with Gasteiger partial charge in [-0.15, -0.1) is 0 Å². The van der Waals surface area contributed by atoms with Crippen molar-refractivity contribution in [1.29, 1.82) is 0 Å². The fourth-order valence-electron chi connectivity index (χ4n) is 1.58. The zero-order valence-corrected chi connectivity index (χ0v) is 6.48. The van der Waals surface area contributed by atoms with Crippen molar-refractivity contribution >= 4 is 0 Å². The molecule has 1 saturated heterocycles. The van der Waals surface area contributed by atoms with E-state index in [1.54, 1.807) is 0 Å². The van der Waals surface area contributed by atoms with Gasteiger partial charge in [0, 0.05) is 0 Å². The molecule has 0 spiro atoms. The van der Waals surface area contributed by atoms with E-state index in [0.717, 1.165) is 11.8 Å². The summed E-state index contributed by atoms with van der Waals surface area (Å²) in [5.74, 6) is 1.86. The molecule has 0 aromatic carbocycles. The van der Waals surface area contributed by atoms with Crippen molar-refractivity contribution in [3.63, 3.8) is 0 Å². The Balaban J connectivity index is 2.11. The summed E-state index contributed by atoms with van der Waals surface area (Å²) >= 11 is 0. The van der Waals surface area contributed by atoms with Crippen molar-refractivity contribution < 1.29 is 0 Å². The van der Waals surface area contributed by atoms with Crippen LogP contribution in [0.1, 0.15) is 26.7 Å². The molecule has 1 aliphatic rings. The van der Waals surface area contributed by atoms with Gasteiger partial charge in [-0.25, -0.2) is 0 Å². The van der Waals surface area contributed by atoms with Crippen molar-refractivity contribution in [3.05, 3.63) is 0 Å². The van der Waals surface area contributed by atoms with Crippen LogP contribution in [0.3, 0.4) is 0 Å². The molecule has 0 aliphatic carbocycles. The molecule has 1 heterocycles. The third-order valence-electron chi connectivity index (χ3n) is 1.97. The molecule has 0 aromatic heterocycles. The van der Waals surface area contributed by atoms with Gasteiger partial charge in [0.25, 0.3) is 0 Å². The van der Waals surface area contributed by atoms with Gasteiger partial charge in [0.1, 0.15) is 0 Å². The van der Waals surface area contributed by atoms with Gasteiger partial charge in [0.2, 0.25) is 0 Å². The predicted octanol–water partition coefficient (Wildman–Crippen LogP) is 1.64. The van der Waals surface area contributed by atoms with Crippen molar-refractivity contribution in [2.24, 2.45) is 11.8 Å². The number of hydrogen-bond acceptors (Lipinski definition) is 1. The van der Waals surface area contributed by atoms with Gasteiger partial charge in [-0.1, -0.05) is 13.8 Å². The molecule has 1 heteroatoms. The maximum Gasteiger partial charge on any atom is -0.00199 e. The van der Waals surface area contributed by atoms with Crippen LogP contribution in [0, 0.1) is 11.8 Å². The summed E-state index contributed by atoms with van der Waals surface area (Å²) in [5.41, 5.74) is 0. The normalized spacial score (nSPS) is 27.7. The van der Waals surface area contributed by atoms with Crippen LogP contribution < -0.4 is 5.32 Å². The molecular formula is C8H17N. The summed E-state index contributed by atoms with van der Waals surface area (Å²) in [6.07, 6.45) is 2.81. The summed E-state index contributed by atoms with van der Waals surface area (Å²) in [6, 6.07) is 0. The van der Waals surface area contributed by atoms with Crippen molar-refractivity contribution in [1.82, 2.24) is 5.32 Å². The SMILES string of the molecule is CC(C)CC1CCNC1. The highest BCUT2D eigenvalue weighted by atomic mass is 14.9. The highest BCUT2D eigenvalue weighted by Crippen LogP contribution is 2.17. The third-order valence-corrected chi connectivity index (χ3v) is 1.97. The molecule has 9 heavy (non-hydrogen) atoms. The van der Waals surface area contributed by atoms with Crippen molar-refractivity contribution in [2.45, 2.75) is 26.7 Å². The maximum absolute atomic E-state index is 3.38. The van der Waals surface area contributed by atoms with Gasteiger partial charge in [-0.2, -0.15) is 0 Å². The molecule has 1 nitrogen and oxygen atoms in total. The fraction of sp³-hybridized carbons (Fsp3) is 1.00. The van der Waals surface area contributed by atoms with Crippen molar-refractivity contribution in [3.8, 4) is 0 Å². The monoisotopic (exact) mass is 127 g/mol. The Morgan fingerprint density at radius 2 is 2.33 bits per heavy atom. The van der Waals surface area contributed by atoms with E-state index in [9.17, 15) is 0 Å². The zero-order chi connectivity index (χ0) is 6.69. The molecule has 1 aliphatic heterocycles. The Kier molecular flexibility index (Phi) is 2.52. The standard InChI is InChI=1S/C8H17N/c1-7(2)5-8-3-4-9-6-8/h7-9H,3-6H2,1-2H3. The van der Waals surface area contributed by atoms with Gasteiger partial charge in [-0.05, 0) is 37.8 Å². The van der Waals surface area contributed by atoms with Crippen LogP contribution in [0.15, 0.2) is 0 Å². The topological polar surface area (TPSA) is 12.0 Å². The van der Waals surface area contributed by atoms with E-state index in [0.29, 0.717) is 0 Å². The molecule has 1 rings (SSSR count). The first-order chi connectivity index (χ1) is 4.29. The Morgan fingerprint density at radius 3 is 2.78 bits per heavy atom. The highest BCUT2D eigenvalue weighted by molar-refractivity contribution is 4.71. The van der Waals surface area contributed by atoms with E-state index in [2.05, 4.69) is 19.2 Å². The molecule has 0 aromatic rings. The van der Waals surface area contributed by atoms with Crippen LogP contribution in [-0.2, 0) is 0 Å². The molecule has 0 radical (unpaired) electrons. The predicted molar refractivity (Wildman–Crippen MR) is 40.4 cm³/mol. The van der Waals surface area contributed by atoms with Gasteiger partial charge in [0.05, 0.1) is 0 Å². The van der Waals surface area contributed by atoms with E-state index in [1.165, 1.54) is 25.9 Å². The molecule has 1 unspecified atom stereocenters. The summed E-state index contributed by atoms with van der Waals surface area (Å²) in [5, 5.41) is 3.38. The summed E-state index contributed by atoms with van der Waals surface area (Å²) in [4.78, 5) is 0. The molecule has 1 atom stereocenters. The zero-order valence-electron chi connectivity index (χ0n) is 6.48. The Bertz CT molecular complexity index is 72.6. The molecule has 0 saturated carbocycles. The lowest BCUT2D eigenvalue weighted by Crippen LogP contribution is -2.10. The quantitative estimate of drug-likeness (QED) is 0.594. The van der Waals surface area contributed by atoms with E-state index < -0.39 is 0 Å². The first kappa shape index (κ1) is 7.07. The Hall–Kier alpha value is -0.0400. The van der Waals surface area contributed by atoms with Crippen LogP contribution in [-0.4, -0.2) is 13.1 Å². The van der Waals surface area contributed by atoms with Crippen LogP contribution in [0.4, 0.5) is 0 Å². The second-order valence-electron chi connectivity index (χ2n) is 3.49. The minimum Gasteiger partial charge on any atom is -0.316 e. The Labute approximate surface area is 57.8 Å². The lowest BCUT2D eigenvalue weighted by molar-refractivity contribution is 0.438. The lowest BCUT2D eigenvalue weighted by Gasteiger charge is -2.09. The molecule has 1 N–H and O–H groups in total. The van der Waals surface area contributed by atoms with Crippen LogP contribution in [0.5, 0.6) is 0 Å². The Morgan fingerprint density at radius 1 is 1.56 bits per heavy atom.